The first-order valence-electron chi connectivity index (χ1n) is 10.3. The predicted octanol–water partition coefficient (Wildman–Crippen LogP) is 1.76. The average Bonchev–Trinajstić information content (AvgIpc) is 2.79. The number of hydrogen-bond acceptors (Lipinski definition) is 7. The number of likely N-dealkylation sites (N-methyl/N-ethyl adjacent to an activating group) is 1. The van der Waals surface area contributed by atoms with Crippen LogP contribution in [-0.4, -0.2) is 87.2 Å². The molecule has 0 amide bonds. The summed E-state index contributed by atoms with van der Waals surface area (Å²) in [4.78, 5) is 5.60. The van der Waals surface area contributed by atoms with Crippen LogP contribution >= 0.6 is 0 Å². The number of hydrogen-bond donors (Lipinski definition) is 0. The maximum Gasteiger partial charge on any atom is 0.417 e. The van der Waals surface area contributed by atoms with Crippen molar-refractivity contribution < 1.29 is 21.6 Å². The van der Waals surface area contributed by atoms with Gasteiger partial charge in [-0.05, 0) is 31.3 Å². The molecule has 2 saturated heterocycles. The Morgan fingerprint density at radius 2 is 1.28 bits per heavy atom. The topological polar surface area (TPSA) is 72.9 Å². The van der Waals surface area contributed by atoms with E-state index in [1.807, 2.05) is 17.0 Å². The molecule has 0 bridgehead atoms. The Hall–Kier alpha value is -2.44. The summed E-state index contributed by atoms with van der Waals surface area (Å²) in [5, 5.41) is 8.61. The second-order valence-electron chi connectivity index (χ2n) is 7.93. The lowest BCUT2D eigenvalue weighted by Crippen LogP contribution is -2.49. The van der Waals surface area contributed by atoms with Crippen molar-refractivity contribution in [1.29, 1.82) is 0 Å². The highest BCUT2D eigenvalue weighted by atomic mass is 32.2. The Balaban J connectivity index is 1.42. The Morgan fingerprint density at radius 3 is 1.78 bits per heavy atom. The number of alkyl halides is 3. The molecule has 2 aliphatic heterocycles. The minimum Gasteiger partial charge on any atom is -0.353 e. The highest BCUT2D eigenvalue weighted by Gasteiger charge is 2.39. The van der Waals surface area contributed by atoms with Crippen LogP contribution in [0.1, 0.15) is 5.56 Å². The van der Waals surface area contributed by atoms with Gasteiger partial charge in [0.2, 0.25) is 10.0 Å². The van der Waals surface area contributed by atoms with E-state index in [1.165, 1.54) is 12.1 Å². The number of piperazine rings is 2. The molecule has 2 fully saturated rings. The summed E-state index contributed by atoms with van der Waals surface area (Å²) in [7, 11) is -2.19. The standard InChI is InChI=1S/C20H25F3N6O2S/c1-26-8-10-27(11-9-26)18-6-7-19(25-24-18)28-12-14-29(15-13-28)32(30,31)17-5-3-2-4-16(17)20(21,22)23/h2-7H,8-15H2,1H3. The predicted molar refractivity (Wildman–Crippen MR) is 114 cm³/mol. The largest absolute Gasteiger partial charge is 0.417 e. The highest BCUT2D eigenvalue weighted by Crippen LogP contribution is 2.35. The molecular formula is C20H25F3N6O2S. The summed E-state index contributed by atoms with van der Waals surface area (Å²) in [6.45, 7) is 4.42. The molecule has 174 valence electrons. The minimum absolute atomic E-state index is 0.0659. The first kappa shape index (κ1) is 22.7. The molecule has 0 aliphatic carbocycles. The van der Waals surface area contributed by atoms with E-state index in [4.69, 9.17) is 0 Å². The fourth-order valence-electron chi connectivity index (χ4n) is 3.91. The summed E-state index contributed by atoms with van der Waals surface area (Å²) in [5.74, 6) is 1.42. The van der Waals surface area contributed by atoms with E-state index in [0.717, 1.165) is 48.4 Å². The third-order valence-corrected chi connectivity index (χ3v) is 7.79. The molecule has 0 radical (unpaired) electrons. The van der Waals surface area contributed by atoms with Gasteiger partial charge in [-0.1, -0.05) is 12.1 Å². The van der Waals surface area contributed by atoms with Crippen molar-refractivity contribution in [1.82, 2.24) is 19.4 Å². The van der Waals surface area contributed by atoms with Crippen LogP contribution in [0.3, 0.4) is 0 Å². The monoisotopic (exact) mass is 470 g/mol. The molecule has 12 heteroatoms. The molecule has 2 aliphatic rings. The normalized spacial score (nSPS) is 19.4. The van der Waals surface area contributed by atoms with Gasteiger partial charge < -0.3 is 14.7 Å². The van der Waals surface area contributed by atoms with Crippen molar-refractivity contribution in [2.45, 2.75) is 11.1 Å². The maximum absolute atomic E-state index is 13.3. The van der Waals surface area contributed by atoms with Crippen LogP contribution in [-0.2, 0) is 16.2 Å². The van der Waals surface area contributed by atoms with Crippen molar-refractivity contribution >= 4 is 21.7 Å². The summed E-state index contributed by atoms with van der Waals surface area (Å²) < 4.78 is 66.8. The quantitative estimate of drug-likeness (QED) is 0.674. The molecule has 0 N–H and O–H groups in total. The lowest BCUT2D eigenvalue weighted by atomic mass is 10.2. The van der Waals surface area contributed by atoms with Gasteiger partial charge in [-0.25, -0.2) is 8.42 Å². The number of sulfonamides is 1. The van der Waals surface area contributed by atoms with Crippen molar-refractivity contribution in [3.63, 3.8) is 0 Å². The molecule has 1 aromatic heterocycles. The molecule has 0 unspecified atom stereocenters. The summed E-state index contributed by atoms with van der Waals surface area (Å²) in [6.07, 6.45) is -4.74. The lowest BCUT2D eigenvalue weighted by molar-refractivity contribution is -0.139. The number of rotatable bonds is 4. The van der Waals surface area contributed by atoms with Crippen LogP contribution in [0.15, 0.2) is 41.3 Å². The van der Waals surface area contributed by atoms with Gasteiger partial charge in [-0.15, -0.1) is 10.2 Å². The van der Waals surface area contributed by atoms with Crippen LogP contribution < -0.4 is 9.80 Å². The lowest BCUT2D eigenvalue weighted by Gasteiger charge is -2.35. The summed E-state index contributed by atoms with van der Waals surface area (Å²) >= 11 is 0. The molecule has 0 atom stereocenters. The van der Waals surface area contributed by atoms with Gasteiger partial charge in [0, 0.05) is 52.4 Å². The molecule has 0 spiro atoms. The summed E-state index contributed by atoms with van der Waals surface area (Å²) in [6, 6.07) is 8.04. The van der Waals surface area contributed by atoms with Crippen LogP contribution in [0.2, 0.25) is 0 Å². The zero-order chi connectivity index (χ0) is 22.9. The van der Waals surface area contributed by atoms with Crippen molar-refractivity contribution in [3.05, 3.63) is 42.0 Å². The van der Waals surface area contributed by atoms with Gasteiger partial charge in [0.05, 0.1) is 10.5 Å². The zero-order valence-electron chi connectivity index (χ0n) is 17.7. The van der Waals surface area contributed by atoms with Crippen molar-refractivity contribution in [2.75, 3.05) is 69.2 Å². The fourth-order valence-corrected chi connectivity index (χ4v) is 5.55. The number of benzene rings is 1. The minimum atomic E-state index is -4.74. The second-order valence-corrected chi connectivity index (χ2v) is 9.83. The van der Waals surface area contributed by atoms with Crippen LogP contribution in [0.25, 0.3) is 0 Å². The maximum atomic E-state index is 13.3. The van der Waals surface area contributed by atoms with E-state index in [9.17, 15) is 21.6 Å². The molecule has 8 nitrogen and oxygen atoms in total. The Labute approximate surface area is 185 Å². The molecule has 1 aromatic carbocycles. The van der Waals surface area contributed by atoms with E-state index in [0.29, 0.717) is 18.9 Å². The average molecular weight is 471 g/mol. The molecule has 32 heavy (non-hydrogen) atoms. The summed E-state index contributed by atoms with van der Waals surface area (Å²) in [5.41, 5.74) is -1.15. The second kappa shape index (κ2) is 8.83. The Morgan fingerprint density at radius 1 is 0.781 bits per heavy atom. The number of halogens is 3. The van der Waals surface area contributed by atoms with Crippen LogP contribution in [0.4, 0.5) is 24.8 Å². The van der Waals surface area contributed by atoms with Crippen LogP contribution in [0, 0.1) is 0 Å². The van der Waals surface area contributed by atoms with E-state index in [1.54, 1.807) is 0 Å². The fraction of sp³-hybridized carbons (Fsp3) is 0.500. The third-order valence-electron chi connectivity index (χ3n) is 5.84. The SMILES string of the molecule is CN1CCN(c2ccc(N3CCN(S(=O)(=O)c4ccccc4C(F)(F)F)CC3)nn2)CC1. The molecule has 0 saturated carbocycles. The van der Waals surface area contributed by atoms with E-state index in [-0.39, 0.29) is 13.1 Å². The van der Waals surface area contributed by atoms with Gasteiger partial charge >= 0.3 is 6.18 Å². The molecule has 3 heterocycles. The van der Waals surface area contributed by atoms with E-state index < -0.39 is 26.7 Å². The van der Waals surface area contributed by atoms with E-state index in [2.05, 4.69) is 27.0 Å². The number of aromatic nitrogens is 2. The van der Waals surface area contributed by atoms with Crippen molar-refractivity contribution in [2.24, 2.45) is 0 Å². The Bertz CT molecular complexity index is 1030. The molecule has 2 aromatic rings. The Kier molecular flexibility index (Phi) is 6.28. The van der Waals surface area contributed by atoms with Gasteiger partial charge in [-0.3, -0.25) is 0 Å². The van der Waals surface area contributed by atoms with Gasteiger partial charge in [0.15, 0.2) is 11.6 Å². The number of nitrogens with zero attached hydrogens (tertiary/aromatic N) is 6. The van der Waals surface area contributed by atoms with Gasteiger partial charge in [-0.2, -0.15) is 17.5 Å². The van der Waals surface area contributed by atoms with E-state index >= 15 is 0 Å². The molecular weight excluding hydrogens is 445 g/mol. The zero-order valence-corrected chi connectivity index (χ0v) is 18.5. The first-order valence-corrected chi connectivity index (χ1v) is 11.8. The van der Waals surface area contributed by atoms with Crippen molar-refractivity contribution in [3.8, 4) is 0 Å². The van der Waals surface area contributed by atoms with Gasteiger partial charge in [0.25, 0.3) is 0 Å². The number of anilines is 2. The van der Waals surface area contributed by atoms with Gasteiger partial charge in [0.1, 0.15) is 0 Å². The van der Waals surface area contributed by atoms with Crippen LogP contribution in [0.5, 0.6) is 0 Å². The third kappa shape index (κ3) is 4.66. The highest BCUT2D eigenvalue weighted by molar-refractivity contribution is 7.89. The molecule has 4 rings (SSSR count). The smallest absolute Gasteiger partial charge is 0.353 e. The first-order chi connectivity index (χ1) is 15.2.